The molecule has 2 heterocycles. The van der Waals surface area contributed by atoms with Gasteiger partial charge in [-0.1, -0.05) is 36.4 Å². The molecule has 0 aliphatic carbocycles. The van der Waals surface area contributed by atoms with E-state index in [9.17, 15) is 18.0 Å². The molecular weight excluding hydrogens is 574 g/mol. The maximum absolute atomic E-state index is 13.8. The van der Waals surface area contributed by atoms with Gasteiger partial charge in [0.25, 0.3) is 5.91 Å². The number of carbonyl (C=O) groups excluding carboxylic acids is 2. The summed E-state index contributed by atoms with van der Waals surface area (Å²) >= 11 is 1.21. The van der Waals surface area contributed by atoms with Crippen molar-refractivity contribution < 1.29 is 27.5 Å². The Morgan fingerprint density at radius 3 is 2.31 bits per heavy atom. The van der Waals surface area contributed by atoms with Gasteiger partial charge in [-0.2, -0.15) is 0 Å². The molecule has 0 bridgehead atoms. The highest BCUT2D eigenvalue weighted by Gasteiger charge is 2.24. The van der Waals surface area contributed by atoms with Gasteiger partial charge in [0.15, 0.2) is 15.6 Å². The first kappa shape index (κ1) is 30.9. The van der Waals surface area contributed by atoms with Gasteiger partial charge in [0.05, 0.1) is 32.2 Å². The number of hydrogen-bond acceptors (Lipinski definition) is 9. The number of rotatable bonds is 14. The predicted octanol–water partition coefficient (Wildman–Crippen LogP) is 4.94. The summed E-state index contributed by atoms with van der Waals surface area (Å²) in [6, 6.07) is 18.4. The molecule has 2 aromatic carbocycles. The maximum atomic E-state index is 13.8. The first-order valence-electron chi connectivity index (χ1n) is 13.3. The van der Waals surface area contributed by atoms with Gasteiger partial charge in [-0.25, -0.2) is 13.4 Å². The quantitative estimate of drug-likeness (QED) is 0.185. The molecule has 0 saturated carbocycles. The summed E-state index contributed by atoms with van der Waals surface area (Å²) in [4.78, 5) is 36.7. The lowest BCUT2D eigenvalue weighted by Crippen LogP contribution is -2.32. The van der Waals surface area contributed by atoms with Crippen LogP contribution in [-0.2, 0) is 28.6 Å². The monoisotopic (exact) mass is 607 g/mol. The summed E-state index contributed by atoms with van der Waals surface area (Å²) in [5, 5.41) is 2.07. The van der Waals surface area contributed by atoms with Crippen LogP contribution in [0.15, 0.2) is 72.2 Å². The molecule has 0 spiro atoms. The Morgan fingerprint density at radius 2 is 1.67 bits per heavy atom. The summed E-state index contributed by atoms with van der Waals surface area (Å²) < 4.78 is 36.2. The zero-order chi connectivity index (χ0) is 30.1. The van der Waals surface area contributed by atoms with Crippen molar-refractivity contribution in [1.29, 1.82) is 0 Å². The predicted molar refractivity (Wildman–Crippen MR) is 162 cm³/mol. The van der Waals surface area contributed by atoms with Gasteiger partial charge in [0.1, 0.15) is 28.0 Å². The normalized spacial score (nSPS) is 11.2. The maximum Gasteiger partial charge on any atom is 0.254 e. The average molecular weight is 608 g/mol. The number of amides is 1. The van der Waals surface area contributed by atoms with E-state index in [4.69, 9.17) is 9.47 Å². The number of Topliss-reactive ketones (excluding diaryl/α,β-unsaturated/α-hetero) is 1. The van der Waals surface area contributed by atoms with Crippen molar-refractivity contribution in [2.75, 3.05) is 26.5 Å². The van der Waals surface area contributed by atoms with Crippen molar-refractivity contribution in [3.8, 4) is 11.5 Å². The van der Waals surface area contributed by atoms with Gasteiger partial charge in [0.2, 0.25) is 0 Å². The Morgan fingerprint density at radius 1 is 0.976 bits per heavy atom. The van der Waals surface area contributed by atoms with Crippen LogP contribution in [0.3, 0.4) is 0 Å². The fourth-order valence-corrected chi connectivity index (χ4v) is 6.56. The zero-order valence-corrected chi connectivity index (χ0v) is 25.4. The highest BCUT2D eigenvalue weighted by Crippen LogP contribution is 2.30. The number of ketones is 1. The zero-order valence-electron chi connectivity index (χ0n) is 23.8. The molecule has 9 nitrogen and oxygen atoms in total. The topological polar surface area (TPSA) is 116 Å². The van der Waals surface area contributed by atoms with E-state index < -0.39 is 21.4 Å². The second kappa shape index (κ2) is 14.2. The SMILES string of the molecule is COc1cc(C(=O)N(CCCc2ccccc2)Cc2nc(C(=O)CS(=O)(=O)Cc3ccccn3)cs2)cc(OC)c1C. The fourth-order valence-electron chi connectivity index (χ4n) is 4.47. The molecule has 0 fully saturated rings. The molecule has 11 heteroatoms. The van der Waals surface area contributed by atoms with Gasteiger partial charge in [-0.05, 0) is 49.6 Å². The average Bonchev–Trinajstić information content (AvgIpc) is 3.46. The molecule has 0 unspecified atom stereocenters. The van der Waals surface area contributed by atoms with Crippen LogP contribution in [0, 0.1) is 6.92 Å². The number of ether oxygens (including phenoxy) is 2. The minimum atomic E-state index is -3.74. The molecule has 0 aliphatic rings. The van der Waals surface area contributed by atoms with Crippen LogP contribution in [0.25, 0.3) is 0 Å². The van der Waals surface area contributed by atoms with Gasteiger partial charge in [0, 0.05) is 29.2 Å². The first-order chi connectivity index (χ1) is 20.2. The number of hydrogen-bond donors (Lipinski definition) is 0. The van der Waals surface area contributed by atoms with Crippen molar-refractivity contribution in [3.63, 3.8) is 0 Å². The molecule has 0 aliphatic heterocycles. The molecule has 2 aromatic heterocycles. The van der Waals surface area contributed by atoms with Crippen LogP contribution in [-0.4, -0.2) is 61.5 Å². The molecule has 42 heavy (non-hydrogen) atoms. The van der Waals surface area contributed by atoms with Gasteiger partial charge in [-0.3, -0.25) is 14.6 Å². The third-order valence-corrected chi connectivity index (χ3v) is 8.90. The van der Waals surface area contributed by atoms with Crippen molar-refractivity contribution in [2.24, 2.45) is 0 Å². The van der Waals surface area contributed by atoms with E-state index >= 15 is 0 Å². The van der Waals surface area contributed by atoms with Crippen molar-refractivity contribution in [2.45, 2.75) is 32.1 Å². The van der Waals surface area contributed by atoms with Crippen molar-refractivity contribution in [3.05, 3.63) is 105 Å². The minimum Gasteiger partial charge on any atom is -0.496 e. The van der Waals surface area contributed by atoms with Crippen LogP contribution >= 0.6 is 11.3 Å². The number of sulfone groups is 1. The molecule has 0 atom stereocenters. The van der Waals surface area contributed by atoms with Crippen LogP contribution in [0.5, 0.6) is 11.5 Å². The number of methoxy groups -OCH3 is 2. The number of carbonyl (C=O) groups is 2. The van der Waals surface area contributed by atoms with E-state index in [-0.39, 0.29) is 23.9 Å². The Kier molecular flexibility index (Phi) is 10.4. The Bertz CT molecular complexity index is 1600. The lowest BCUT2D eigenvalue weighted by Gasteiger charge is -2.23. The van der Waals surface area contributed by atoms with Gasteiger partial charge in [-0.15, -0.1) is 11.3 Å². The van der Waals surface area contributed by atoms with Crippen LogP contribution < -0.4 is 9.47 Å². The minimum absolute atomic E-state index is 0.0648. The van der Waals surface area contributed by atoms with Gasteiger partial charge < -0.3 is 14.4 Å². The van der Waals surface area contributed by atoms with E-state index in [1.54, 1.807) is 54.8 Å². The smallest absolute Gasteiger partial charge is 0.254 e. The van der Waals surface area contributed by atoms with E-state index in [0.717, 1.165) is 17.5 Å². The highest BCUT2D eigenvalue weighted by molar-refractivity contribution is 7.91. The standard InChI is InChI=1S/C31H33N3O6S2/c1-22-28(39-2)16-24(17-29(22)40-3)31(36)34(15-9-12-23-10-5-4-6-11-23)18-30-33-26(19-41-30)27(35)21-42(37,38)20-25-13-7-8-14-32-25/h4-8,10-11,13-14,16-17,19H,9,12,15,18,20-21H2,1-3H3. The first-order valence-corrected chi connectivity index (χ1v) is 16.0. The Hall–Kier alpha value is -4.09. The molecule has 0 saturated heterocycles. The number of aromatic nitrogens is 2. The summed E-state index contributed by atoms with van der Waals surface area (Å²) in [5.41, 5.74) is 2.79. The molecule has 1 amide bonds. The summed E-state index contributed by atoms with van der Waals surface area (Å²) in [5.74, 6) is -0.755. The number of thiazole rings is 1. The second-order valence-corrected chi connectivity index (χ2v) is 12.7. The largest absolute Gasteiger partial charge is 0.496 e. The van der Waals surface area contributed by atoms with Gasteiger partial charge >= 0.3 is 0 Å². The van der Waals surface area contributed by atoms with E-state index in [2.05, 4.69) is 9.97 Å². The number of benzene rings is 2. The fraction of sp³-hybridized carbons (Fsp3) is 0.290. The molecule has 4 aromatic rings. The number of pyridine rings is 1. The van der Waals surface area contributed by atoms with E-state index in [0.29, 0.717) is 40.7 Å². The van der Waals surface area contributed by atoms with Crippen LogP contribution in [0.1, 0.15) is 49.1 Å². The molecule has 220 valence electrons. The second-order valence-electron chi connectivity index (χ2n) is 9.72. The Balaban J connectivity index is 1.51. The summed E-state index contributed by atoms with van der Waals surface area (Å²) in [6.07, 6.45) is 2.99. The molecule has 0 radical (unpaired) electrons. The van der Waals surface area contributed by atoms with Crippen LogP contribution in [0.4, 0.5) is 0 Å². The number of nitrogens with zero attached hydrogens (tertiary/aromatic N) is 3. The molecular formula is C31H33N3O6S2. The third kappa shape index (κ3) is 8.23. The summed E-state index contributed by atoms with van der Waals surface area (Å²) in [6.45, 7) is 2.45. The van der Waals surface area contributed by atoms with E-state index in [1.165, 1.54) is 17.5 Å². The molecule has 4 rings (SSSR count). The van der Waals surface area contributed by atoms with Crippen molar-refractivity contribution in [1.82, 2.24) is 14.9 Å². The highest BCUT2D eigenvalue weighted by atomic mass is 32.2. The molecule has 0 N–H and O–H groups in total. The lowest BCUT2D eigenvalue weighted by molar-refractivity contribution is 0.0740. The third-order valence-electron chi connectivity index (χ3n) is 6.63. The van der Waals surface area contributed by atoms with Crippen molar-refractivity contribution >= 4 is 32.9 Å². The lowest BCUT2D eigenvalue weighted by atomic mass is 10.1. The van der Waals surface area contributed by atoms with E-state index in [1.807, 2.05) is 37.3 Å². The summed E-state index contributed by atoms with van der Waals surface area (Å²) in [7, 11) is -0.656. The Labute approximate surface area is 250 Å². The number of aryl methyl sites for hydroxylation is 1. The van der Waals surface area contributed by atoms with Crippen LogP contribution in [0.2, 0.25) is 0 Å².